The molecule has 1 aromatic heterocycles. The van der Waals surface area contributed by atoms with Gasteiger partial charge in [0.05, 0.1) is 13.2 Å². The van der Waals surface area contributed by atoms with Gasteiger partial charge in [-0.1, -0.05) is 12.1 Å². The average Bonchev–Trinajstić information content (AvgIpc) is 2.71. The minimum absolute atomic E-state index is 0.00479. The van der Waals surface area contributed by atoms with Gasteiger partial charge in [0.25, 0.3) is 0 Å². The van der Waals surface area contributed by atoms with E-state index in [0.29, 0.717) is 23.8 Å². The van der Waals surface area contributed by atoms with Gasteiger partial charge < -0.3 is 10.8 Å². The number of hydrogen-bond donors (Lipinski definition) is 2. The van der Waals surface area contributed by atoms with E-state index < -0.39 is 5.91 Å². The number of nitrogens with two attached hydrogens (primary N) is 1. The molecule has 0 aliphatic rings. The highest BCUT2D eigenvalue weighted by atomic mass is 16.3. The molecule has 94 valence electrons. The van der Waals surface area contributed by atoms with E-state index >= 15 is 0 Å². The zero-order valence-electron chi connectivity index (χ0n) is 10.00. The Labute approximate surface area is 104 Å². The molecule has 2 aromatic rings. The Balaban J connectivity index is 2.38. The van der Waals surface area contributed by atoms with E-state index in [-0.39, 0.29) is 6.61 Å². The molecule has 0 atom stereocenters. The monoisotopic (exact) mass is 246 g/mol. The van der Waals surface area contributed by atoms with Gasteiger partial charge in [-0.15, -0.1) is 0 Å². The van der Waals surface area contributed by atoms with E-state index in [0.717, 1.165) is 5.56 Å². The number of aromatic nitrogens is 3. The van der Waals surface area contributed by atoms with Crippen molar-refractivity contribution in [1.29, 1.82) is 0 Å². The van der Waals surface area contributed by atoms with Crippen LogP contribution in [0.4, 0.5) is 0 Å². The third-order valence-corrected chi connectivity index (χ3v) is 2.52. The van der Waals surface area contributed by atoms with Crippen LogP contribution < -0.4 is 5.73 Å². The maximum Gasteiger partial charge on any atom is 0.248 e. The quantitative estimate of drug-likeness (QED) is 0.813. The molecule has 0 radical (unpaired) electrons. The summed E-state index contributed by atoms with van der Waals surface area (Å²) >= 11 is 0. The van der Waals surface area contributed by atoms with Crippen molar-refractivity contribution >= 4 is 5.91 Å². The topological polar surface area (TPSA) is 94.0 Å². The highest BCUT2D eigenvalue weighted by Gasteiger charge is 2.10. The molecule has 0 fully saturated rings. The number of primary amides is 1. The maximum absolute atomic E-state index is 11.0. The number of hydrogen-bond acceptors (Lipinski definition) is 4. The number of rotatable bonds is 4. The Morgan fingerprint density at radius 2 is 2.06 bits per heavy atom. The van der Waals surface area contributed by atoms with Crippen molar-refractivity contribution in [3.63, 3.8) is 0 Å². The number of carbonyl (C=O) groups excluding carboxylic acids is 1. The Morgan fingerprint density at radius 1 is 1.39 bits per heavy atom. The van der Waals surface area contributed by atoms with Gasteiger partial charge in [-0.05, 0) is 19.1 Å². The van der Waals surface area contributed by atoms with Crippen molar-refractivity contribution in [3.8, 4) is 11.4 Å². The predicted molar refractivity (Wildman–Crippen MR) is 65.8 cm³/mol. The second kappa shape index (κ2) is 4.97. The second-order valence-corrected chi connectivity index (χ2v) is 3.87. The average molecular weight is 246 g/mol. The first kappa shape index (κ1) is 12.3. The number of aryl methyl sites for hydroxylation is 1. The van der Waals surface area contributed by atoms with Gasteiger partial charge in [0.2, 0.25) is 5.91 Å². The Kier molecular flexibility index (Phi) is 3.38. The first-order chi connectivity index (χ1) is 8.61. The van der Waals surface area contributed by atoms with E-state index in [4.69, 9.17) is 10.8 Å². The lowest BCUT2D eigenvalue weighted by Gasteiger charge is -2.04. The SMILES string of the molecule is Cc1nc(-c2ccc(C(N)=O)cc2)n(CCO)n1. The molecular weight excluding hydrogens is 232 g/mol. The molecule has 3 N–H and O–H groups in total. The van der Waals surface area contributed by atoms with Crippen LogP contribution in [0.1, 0.15) is 16.2 Å². The molecule has 0 aliphatic carbocycles. The summed E-state index contributed by atoms with van der Waals surface area (Å²) in [5, 5.41) is 13.2. The van der Waals surface area contributed by atoms with Gasteiger partial charge in [0.15, 0.2) is 5.82 Å². The highest BCUT2D eigenvalue weighted by Crippen LogP contribution is 2.18. The maximum atomic E-state index is 11.0. The van der Waals surface area contributed by atoms with Gasteiger partial charge in [0.1, 0.15) is 5.82 Å². The molecule has 1 amide bonds. The third kappa shape index (κ3) is 2.38. The smallest absolute Gasteiger partial charge is 0.248 e. The van der Waals surface area contributed by atoms with Crippen LogP contribution in [0.5, 0.6) is 0 Å². The number of amides is 1. The number of carbonyl (C=O) groups is 1. The molecule has 0 saturated carbocycles. The summed E-state index contributed by atoms with van der Waals surface area (Å²) in [6.45, 7) is 2.16. The molecule has 6 nitrogen and oxygen atoms in total. The van der Waals surface area contributed by atoms with Crippen LogP contribution in [0, 0.1) is 6.92 Å². The lowest BCUT2D eigenvalue weighted by Crippen LogP contribution is -2.10. The summed E-state index contributed by atoms with van der Waals surface area (Å²) in [6.07, 6.45) is 0. The third-order valence-electron chi connectivity index (χ3n) is 2.52. The van der Waals surface area contributed by atoms with E-state index in [1.54, 1.807) is 35.9 Å². The van der Waals surface area contributed by atoms with E-state index in [2.05, 4.69) is 10.1 Å². The fourth-order valence-corrected chi connectivity index (χ4v) is 1.70. The zero-order chi connectivity index (χ0) is 13.1. The lowest BCUT2D eigenvalue weighted by atomic mass is 10.1. The molecule has 2 rings (SSSR count). The first-order valence-corrected chi connectivity index (χ1v) is 5.54. The largest absolute Gasteiger partial charge is 0.394 e. The Morgan fingerprint density at radius 3 is 2.61 bits per heavy atom. The second-order valence-electron chi connectivity index (χ2n) is 3.87. The summed E-state index contributed by atoms with van der Waals surface area (Å²) in [5.74, 6) is 0.838. The highest BCUT2D eigenvalue weighted by molar-refractivity contribution is 5.93. The van der Waals surface area contributed by atoms with Crippen LogP contribution >= 0.6 is 0 Å². The van der Waals surface area contributed by atoms with Crippen LogP contribution in [0.25, 0.3) is 11.4 Å². The van der Waals surface area contributed by atoms with Crippen LogP contribution in [0.2, 0.25) is 0 Å². The molecule has 1 aromatic carbocycles. The molecule has 0 aliphatic heterocycles. The van der Waals surface area contributed by atoms with Crippen LogP contribution in [-0.4, -0.2) is 32.4 Å². The molecule has 0 saturated heterocycles. The number of aliphatic hydroxyl groups excluding tert-OH is 1. The summed E-state index contributed by atoms with van der Waals surface area (Å²) < 4.78 is 1.63. The predicted octanol–water partition coefficient (Wildman–Crippen LogP) is 0.345. The van der Waals surface area contributed by atoms with Crippen molar-refractivity contribution in [3.05, 3.63) is 35.7 Å². The van der Waals surface area contributed by atoms with Gasteiger partial charge >= 0.3 is 0 Å². The van der Waals surface area contributed by atoms with Crippen molar-refractivity contribution in [1.82, 2.24) is 14.8 Å². The fraction of sp³-hybridized carbons (Fsp3) is 0.250. The molecular formula is C12H14N4O2. The summed E-state index contributed by atoms with van der Waals surface area (Å²) in [5.41, 5.74) is 6.45. The number of nitrogens with zero attached hydrogens (tertiary/aromatic N) is 3. The van der Waals surface area contributed by atoms with Crippen molar-refractivity contribution in [2.24, 2.45) is 5.73 Å². The zero-order valence-corrected chi connectivity index (χ0v) is 10.00. The standard InChI is InChI=1S/C12H14N4O2/c1-8-14-12(16(15-8)6-7-17)10-4-2-9(3-5-10)11(13)18/h2-5,17H,6-7H2,1H3,(H2,13,18). The molecule has 1 heterocycles. The lowest BCUT2D eigenvalue weighted by molar-refractivity contribution is 0.100. The van der Waals surface area contributed by atoms with Crippen LogP contribution in [-0.2, 0) is 6.54 Å². The summed E-state index contributed by atoms with van der Waals surface area (Å²) in [4.78, 5) is 15.3. The van der Waals surface area contributed by atoms with E-state index in [1.165, 1.54) is 0 Å². The molecule has 0 bridgehead atoms. The fourth-order valence-electron chi connectivity index (χ4n) is 1.70. The van der Waals surface area contributed by atoms with Crippen LogP contribution in [0.3, 0.4) is 0 Å². The van der Waals surface area contributed by atoms with Gasteiger partial charge in [-0.2, -0.15) is 5.10 Å². The van der Waals surface area contributed by atoms with Crippen LogP contribution in [0.15, 0.2) is 24.3 Å². The number of benzene rings is 1. The van der Waals surface area contributed by atoms with Gasteiger partial charge in [0, 0.05) is 11.1 Å². The van der Waals surface area contributed by atoms with Crippen molar-refractivity contribution in [2.45, 2.75) is 13.5 Å². The Hall–Kier alpha value is -2.21. The summed E-state index contributed by atoms with van der Waals surface area (Å²) in [6, 6.07) is 6.81. The normalized spacial score (nSPS) is 10.6. The van der Waals surface area contributed by atoms with Gasteiger partial charge in [-0.25, -0.2) is 9.67 Å². The van der Waals surface area contributed by atoms with E-state index in [9.17, 15) is 4.79 Å². The van der Waals surface area contributed by atoms with Gasteiger partial charge in [-0.3, -0.25) is 4.79 Å². The molecule has 6 heteroatoms. The molecule has 0 spiro atoms. The number of aliphatic hydroxyl groups is 1. The van der Waals surface area contributed by atoms with Crippen molar-refractivity contribution in [2.75, 3.05) is 6.61 Å². The molecule has 0 unspecified atom stereocenters. The minimum atomic E-state index is -0.463. The first-order valence-electron chi connectivity index (χ1n) is 5.54. The molecule has 18 heavy (non-hydrogen) atoms. The Bertz CT molecular complexity index is 560. The van der Waals surface area contributed by atoms with E-state index in [1.807, 2.05) is 0 Å². The summed E-state index contributed by atoms with van der Waals surface area (Å²) in [7, 11) is 0. The minimum Gasteiger partial charge on any atom is -0.394 e. The van der Waals surface area contributed by atoms with Crippen molar-refractivity contribution < 1.29 is 9.90 Å².